The Hall–Kier alpha value is -1.12. The summed E-state index contributed by atoms with van der Waals surface area (Å²) >= 11 is 0. The molecule has 21 heavy (non-hydrogen) atoms. The van der Waals surface area contributed by atoms with Crippen LogP contribution in [-0.4, -0.2) is 55.6 Å². The van der Waals surface area contributed by atoms with Crippen LogP contribution in [0.15, 0.2) is 6.07 Å². The van der Waals surface area contributed by atoms with Crippen LogP contribution in [0.2, 0.25) is 0 Å². The maximum atomic E-state index is 12.1. The van der Waals surface area contributed by atoms with Gasteiger partial charge in [0.1, 0.15) is 0 Å². The molecule has 8 heteroatoms. The number of hydrogen-bond acceptors (Lipinski definition) is 4. The number of nitrogens with one attached hydrogen (secondary N) is 2. The number of hydrogen-bond donors (Lipinski definition) is 2. The molecule has 1 saturated heterocycles. The number of aromatic nitrogens is 2. The van der Waals surface area contributed by atoms with Gasteiger partial charge in [-0.1, -0.05) is 6.92 Å². The summed E-state index contributed by atoms with van der Waals surface area (Å²) in [7, 11) is -3.32. The van der Waals surface area contributed by atoms with Gasteiger partial charge in [0.05, 0.1) is 0 Å². The monoisotopic (exact) mass is 313 g/mol. The fourth-order valence-corrected chi connectivity index (χ4v) is 3.86. The second-order valence-electron chi connectivity index (χ2n) is 5.74. The van der Waals surface area contributed by atoms with E-state index in [4.69, 9.17) is 0 Å². The standard InChI is InChI=1S/C13H23N5O2S/c1-2-5-14-21(19,20)18-8-6-17(7-9-18)13-10-12(15-16-13)11-3-4-11/h10-11,14H,2-9H2,1H3,(H,15,16). The molecule has 2 N–H and O–H groups in total. The second kappa shape index (κ2) is 5.94. The number of anilines is 1. The molecule has 0 unspecified atom stereocenters. The first-order valence-electron chi connectivity index (χ1n) is 7.65. The number of nitrogens with zero attached hydrogens (tertiary/aromatic N) is 3. The maximum absolute atomic E-state index is 12.1. The quantitative estimate of drug-likeness (QED) is 0.808. The Morgan fingerprint density at radius 1 is 1.33 bits per heavy atom. The molecule has 118 valence electrons. The lowest BCUT2D eigenvalue weighted by molar-refractivity contribution is 0.377. The molecule has 0 radical (unpaired) electrons. The van der Waals surface area contributed by atoms with Crippen LogP contribution in [0.4, 0.5) is 5.82 Å². The summed E-state index contributed by atoms with van der Waals surface area (Å²) in [4.78, 5) is 2.15. The van der Waals surface area contributed by atoms with Crippen molar-refractivity contribution in [2.24, 2.45) is 0 Å². The average Bonchev–Trinajstić information content (AvgIpc) is 3.23. The molecule has 0 amide bonds. The molecule has 0 aromatic carbocycles. The van der Waals surface area contributed by atoms with Crippen molar-refractivity contribution in [1.29, 1.82) is 0 Å². The summed E-state index contributed by atoms with van der Waals surface area (Å²) in [5.74, 6) is 1.60. The van der Waals surface area contributed by atoms with Crippen molar-refractivity contribution in [2.75, 3.05) is 37.6 Å². The van der Waals surface area contributed by atoms with Crippen LogP contribution in [0.3, 0.4) is 0 Å². The molecule has 1 aliphatic heterocycles. The first-order chi connectivity index (χ1) is 10.1. The van der Waals surface area contributed by atoms with Gasteiger partial charge in [0.15, 0.2) is 5.82 Å². The van der Waals surface area contributed by atoms with Gasteiger partial charge in [-0.25, -0.2) is 4.72 Å². The predicted octanol–water partition coefficient (Wildman–Crippen LogP) is 0.653. The third-order valence-corrected chi connectivity index (χ3v) is 5.65. The summed E-state index contributed by atoms with van der Waals surface area (Å²) in [5.41, 5.74) is 1.21. The highest BCUT2D eigenvalue weighted by molar-refractivity contribution is 7.87. The zero-order valence-corrected chi connectivity index (χ0v) is 13.2. The van der Waals surface area contributed by atoms with Gasteiger partial charge in [-0.2, -0.15) is 17.8 Å². The molecule has 0 atom stereocenters. The van der Waals surface area contributed by atoms with Gasteiger partial charge in [0.25, 0.3) is 10.2 Å². The molecular weight excluding hydrogens is 290 g/mol. The SMILES string of the molecule is CCCNS(=O)(=O)N1CCN(c2cc(C3CC3)[nH]n2)CC1. The highest BCUT2D eigenvalue weighted by Crippen LogP contribution is 2.39. The summed E-state index contributed by atoms with van der Waals surface area (Å²) < 4.78 is 28.3. The maximum Gasteiger partial charge on any atom is 0.279 e. The van der Waals surface area contributed by atoms with Crippen LogP contribution in [0.5, 0.6) is 0 Å². The van der Waals surface area contributed by atoms with Gasteiger partial charge in [-0.3, -0.25) is 5.10 Å². The molecule has 1 saturated carbocycles. The molecule has 2 fully saturated rings. The molecule has 3 rings (SSSR count). The van der Waals surface area contributed by atoms with Gasteiger partial charge in [-0.15, -0.1) is 0 Å². The number of rotatable bonds is 6. The van der Waals surface area contributed by atoms with Crippen molar-refractivity contribution in [3.63, 3.8) is 0 Å². The summed E-state index contributed by atoms with van der Waals surface area (Å²) in [6.07, 6.45) is 3.30. The number of H-pyrrole nitrogens is 1. The molecule has 2 aliphatic rings. The van der Waals surface area contributed by atoms with Crippen LogP contribution in [0.25, 0.3) is 0 Å². The molecule has 1 aromatic heterocycles. The van der Waals surface area contributed by atoms with E-state index >= 15 is 0 Å². The molecule has 2 heterocycles. The normalized spacial score (nSPS) is 20.9. The van der Waals surface area contributed by atoms with Gasteiger partial charge in [0, 0.05) is 50.4 Å². The van der Waals surface area contributed by atoms with Gasteiger partial charge in [-0.05, 0) is 19.3 Å². The average molecular weight is 313 g/mol. The molecule has 1 aliphatic carbocycles. The topological polar surface area (TPSA) is 81.3 Å². The van der Waals surface area contributed by atoms with Crippen LogP contribution in [-0.2, 0) is 10.2 Å². The van der Waals surface area contributed by atoms with E-state index in [0.29, 0.717) is 38.6 Å². The third-order valence-electron chi connectivity index (χ3n) is 4.04. The zero-order chi connectivity index (χ0) is 14.9. The Morgan fingerprint density at radius 2 is 2.05 bits per heavy atom. The van der Waals surface area contributed by atoms with Gasteiger partial charge < -0.3 is 4.90 Å². The van der Waals surface area contributed by atoms with Gasteiger partial charge >= 0.3 is 0 Å². The van der Waals surface area contributed by atoms with Crippen molar-refractivity contribution < 1.29 is 8.42 Å². The van der Waals surface area contributed by atoms with Gasteiger partial charge in [0.2, 0.25) is 0 Å². The number of piperazine rings is 1. The Morgan fingerprint density at radius 3 is 2.67 bits per heavy atom. The largest absolute Gasteiger partial charge is 0.352 e. The van der Waals surface area contributed by atoms with Crippen molar-refractivity contribution in [3.8, 4) is 0 Å². The van der Waals surface area contributed by atoms with E-state index in [2.05, 4.69) is 25.9 Å². The van der Waals surface area contributed by atoms with E-state index in [0.717, 1.165) is 12.2 Å². The minimum Gasteiger partial charge on any atom is -0.352 e. The Bertz CT molecular complexity index is 573. The van der Waals surface area contributed by atoms with Crippen molar-refractivity contribution in [3.05, 3.63) is 11.8 Å². The smallest absolute Gasteiger partial charge is 0.279 e. The van der Waals surface area contributed by atoms with Crippen LogP contribution in [0.1, 0.15) is 37.8 Å². The second-order valence-corrected chi connectivity index (χ2v) is 7.50. The van der Waals surface area contributed by atoms with E-state index in [1.54, 1.807) is 0 Å². The minimum absolute atomic E-state index is 0.493. The first kappa shape index (κ1) is 14.8. The Labute approximate surface area is 125 Å². The van der Waals surface area contributed by atoms with Crippen molar-refractivity contribution >= 4 is 16.0 Å². The van der Waals surface area contributed by atoms with E-state index in [1.165, 1.54) is 22.8 Å². The van der Waals surface area contributed by atoms with E-state index in [1.807, 2.05) is 6.92 Å². The molecule has 7 nitrogen and oxygen atoms in total. The summed E-state index contributed by atoms with van der Waals surface area (Å²) in [5, 5.41) is 7.45. The fourth-order valence-electron chi connectivity index (χ4n) is 2.57. The van der Waals surface area contributed by atoms with Crippen LogP contribution >= 0.6 is 0 Å². The third kappa shape index (κ3) is 3.38. The lowest BCUT2D eigenvalue weighted by Crippen LogP contribution is -2.52. The van der Waals surface area contributed by atoms with Crippen molar-refractivity contribution in [2.45, 2.75) is 32.1 Å². The van der Waals surface area contributed by atoms with Crippen molar-refractivity contribution in [1.82, 2.24) is 19.2 Å². The lowest BCUT2D eigenvalue weighted by atomic mass is 10.3. The van der Waals surface area contributed by atoms with E-state index in [9.17, 15) is 8.42 Å². The van der Waals surface area contributed by atoms with E-state index in [-0.39, 0.29) is 0 Å². The molecule has 0 bridgehead atoms. The van der Waals surface area contributed by atoms with E-state index < -0.39 is 10.2 Å². The summed E-state index contributed by atoms with van der Waals surface area (Å²) in [6.45, 7) is 4.82. The molecular formula is C13H23N5O2S. The van der Waals surface area contributed by atoms with Crippen LogP contribution in [0, 0.1) is 0 Å². The Balaban J connectivity index is 1.56. The summed E-state index contributed by atoms with van der Waals surface area (Å²) in [6, 6.07) is 2.11. The zero-order valence-electron chi connectivity index (χ0n) is 12.4. The first-order valence-corrected chi connectivity index (χ1v) is 9.09. The lowest BCUT2D eigenvalue weighted by Gasteiger charge is -2.33. The predicted molar refractivity (Wildman–Crippen MR) is 81.6 cm³/mol. The van der Waals surface area contributed by atoms with Crippen LogP contribution < -0.4 is 9.62 Å². The highest BCUT2D eigenvalue weighted by Gasteiger charge is 2.29. The molecule has 0 spiro atoms. The minimum atomic E-state index is -3.32. The fraction of sp³-hybridized carbons (Fsp3) is 0.769. The number of aromatic amines is 1. The Kier molecular flexibility index (Phi) is 4.19. The highest BCUT2D eigenvalue weighted by atomic mass is 32.2. The molecule has 1 aromatic rings.